The number of benzene rings is 2. The Morgan fingerprint density at radius 1 is 1.28 bits per heavy atom. The van der Waals surface area contributed by atoms with Crippen molar-refractivity contribution in [2.75, 3.05) is 18.0 Å². The summed E-state index contributed by atoms with van der Waals surface area (Å²) in [5, 5.41) is 11.4. The second-order valence-corrected chi connectivity index (χ2v) is 5.54. The molecule has 2 aromatic carbocycles. The lowest BCUT2D eigenvalue weighted by Crippen LogP contribution is -2.27. The molecule has 1 heterocycles. The van der Waals surface area contributed by atoms with Crippen LogP contribution in [-0.2, 0) is 11.3 Å². The smallest absolute Gasteiger partial charge is 0.414 e. The molecule has 1 amide bonds. The largest absolute Gasteiger partial charge is 0.482 e. The molecule has 0 unspecified atom stereocenters. The van der Waals surface area contributed by atoms with Crippen LogP contribution in [0, 0.1) is 10.1 Å². The summed E-state index contributed by atoms with van der Waals surface area (Å²) in [4.78, 5) is 24.0. The van der Waals surface area contributed by atoms with Crippen LogP contribution >= 0.6 is 0 Å². The number of nitrogens with zero attached hydrogens (tertiary/aromatic N) is 2. The maximum absolute atomic E-state index is 11.9. The summed E-state index contributed by atoms with van der Waals surface area (Å²) in [7, 11) is 0. The summed E-state index contributed by atoms with van der Waals surface area (Å²) in [6, 6.07) is 13.7. The molecule has 25 heavy (non-hydrogen) atoms. The number of ether oxygens (including phenoxy) is 2. The van der Waals surface area contributed by atoms with Gasteiger partial charge in [-0.3, -0.25) is 15.0 Å². The van der Waals surface area contributed by atoms with Gasteiger partial charge in [0.05, 0.1) is 17.2 Å². The Bertz CT molecular complexity index is 781. The number of nitrogens with two attached hydrogens (primary N) is 1. The van der Waals surface area contributed by atoms with Crippen molar-refractivity contribution in [3.05, 3.63) is 64.2 Å². The molecule has 0 radical (unpaired) electrons. The molecule has 0 spiro atoms. The van der Waals surface area contributed by atoms with Gasteiger partial charge in [-0.25, -0.2) is 4.79 Å². The van der Waals surface area contributed by atoms with Crippen molar-refractivity contribution in [1.82, 2.24) is 0 Å². The highest BCUT2D eigenvalue weighted by Crippen LogP contribution is 2.33. The molecule has 2 N–H and O–H groups in total. The minimum atomic E-state index is -0.567. The van der Waals surface area contributed by atoms with Gasteiger partial charge in [0.2, 0.25) is 0 Å². The number of hydrogen-bond donors (Lipinski definition) is 1. The zero-order chi connectivity index (χ0) is 17.8. The second-order valence-electron chi connectivity index (χ2n) is 5.54. The van der Waals surface area contributed by atoms with Gasteiger partial charge in [0.25, 0.3) is 0 Å². The Morgan fingerprint density at radius 3 is 2.68 bits per heavy atom. The number of nitro groups is 1. The van der Waals surface area contributed by atoms with E-state index in [0.29, 0.717) is 5.69 Å². The lowest BCUT2D eigenvalue weighted by atomic mass is 10.2. The number of amides is 1. The molecule has 130 valence electrons. The SMILES string of the molecule is NC[C@H]1CN(c2ccc(OCc3ccccc3)c([N+](=O)[O-])c2)C(=O)O1. The van der Waals surface area contributed by atoms with Crippen LogP contribution in [0.5, 0.6) is 5.75 Å². The molecule has 1 aliphatic rings. The molecule has 0 saturated carbocycles. The van der Waals surface area contributed by atoms with E-state index in [1.54, 1.807) is 6.07 Å². The first-order chi connectivity index (χ1) is 12.1. The highest BCUT2D eigenvalue weighted by atomic mass is 16.6. The molecule has 0 aromatic heterocycles. The Balaban J connectivity index is 1.81. The van der Waals surface area contributed by atoms with Crippen LogP contribution in [0.1, 0.15) is 5.56 Å². The van der Waals surface area contributed by atoms with Crippen molar-refractivity contribution in [3.8, 4) is 5.75 Å². The van der Waals surface area contributed by atoms with Crippen LogP contribution in [0.15, 0.2) is 48.5 Å². The summed E-state index contributed by atoms with van der Waals surface area (Å²) >= 11 is 0. The lowest BCUT2D eigenvalue weighted by molar-refractivity contribution is -0.385. The first-order valence-electron chi connectivity index (χ1n) is 7.72. The zero-order valence-corrected chi connectivity index (χ0v) is 13.3. The van der Waals surface area contributed by atoms with Crippen LogP contribution in [0.2, 0.25) is 0 Å². The van der Waals surface area contributed by atoms with Gasteiger partial charge >= 0.3 is 11.8 Å². The Morgan fingerprint density at radius 2 is 2.04 bits per heavy atom. The zero-order valence-electron chi connectivity index (χ0n) is 13.3. The monoisotopic (exact) mass is 343 g/mol. The molecule has 8 nitrogen and oxygen atoms in total. The van der Waals surface area contributed by atoms with E-state index in [0.717, 1.165) is 5.56 Å². The van der Waals surface area contributed by atoms with E-state index in [-0.39, 0.29) is 31.1 Å². The normalized spacial score (nSPS) is 16.6. The number of carbonyl (C=O) groups excluding carboxylic acids is 1. The number of anilines is 1. The van der Waals surface area contributed by atoms with E-state index >= 15 is 0 Å². The summed E-state index contributed by atoms with van der Waals surface area (Å²) in [5.74, 6) is 0.139. The molecule has 0 bridgehead atoms. The van der Waals surface area contributed by atoms with E-state index in [4.69, 9.17) is 15.2 Å². The van der Waals surface area contributed by atoms with Crippen molar-refractivity contribution in [2.45, 2.75) is 12.7 Å². The third-order valence-corrected chi connectivity index (χ3v) is 3.83. The highest BCUT2D eigenvalue weighted by molar-refractivity contribution is 5.90. The van der Waals surface area contributed by atoms with E-state index in [1.165, 1.54) is 17.0 Å². The minimum absolute atomic E-state index is 0.139. The van der Waals surface area contributed by atoms with Gasteiger partial charge in [0.1, 0.15) is 12.7 Å². The molecule has 8 heteroatoms. The van der Waals surface area contributed by atoms with Crippen molar-refractivity contribution < 1.29 is 19.2 Å². The summed E-state index contributed by atoms with van der Waals surface area (Å²) in [6.07, 6.45) is -0.983. The third-order valence-electron chi connectivity index (χ3n) is 3.83. The van der Waals surface area contributed by atoms with Gasteiger partial charge in [-0.05, 0) is 17.7 Å². The van der Waals surface area contributed by atoms with Gasteiger partial charge < -0.3 is 15.2 Å². The van der Waals surface area contributed by atoms with Crippen LogP contribution in [0.25, 0.3) is 0 Å². The predicted molar refractivity (Wildman–Crippen MR) is 90.5 cm³/mol. The van der Waals surface area contributed by atoms with E-state index in [1.807, 2.05) is 30.3 Å². The minimum Gasteiger partial charge on any atom is -0.482 e. The summed E-state index contributed by atoms with van der Waals surface area (Å²) in [6.45, 7) is 0.668. The van der Waals surface area contributed by atoms with Crippen LogP contribution in [0.3, 0.4) is 0 Å². The van der Waals surface area contributed by atoms with Crippen molar-refractivity contribution in [3.63, 3.8) is 0 Å². The number of cyclic esters (lactones) is 1. The fourth-order valence-electron chi connectivity index (χ4n) is 2.53. The molecule has 2 aromatic rings. The Kier molecular flexibility index (Phi) is 4.80. The molecule has 1 saturated heterocycles. The highest BCUT2D eigenvalue weighted by Gasteiger charge is 2.32. The number of rotatable bonds is 6. The average Bonchev–Trinajstić information content (AvgIpc) is 3.01. The maximum atomic E-state index is 11.9. The standard InChI is InChI=1S/C17H17N3O5/c18-9-14-10-19(17(21)25-14)13-6-7-16(15(8-13)20(22)23)24-11-12-4-2-1-3-5-12/h1-8,14H,9-11,18H2/t14-/m0/s1. The van der Waals surface area contributed by atoms with Crippen LogP contribution < -0.4 is 15.4 Å². The molecule has 0 aliphatic carbocycles. The van der Waals surface area contributed by atoms with E-state index in [9.17, 15) is 14.9 Å². The van der Waals surface area contributed by atoms with Crippen molar-refractivity contribution >= 4 is 17.5 Å². The first kappa shape index (κ1) is 16.7. The fourth-order valence-corrected chi connectivity index (χ4v) is 2.53. The predicted octanol–water partition coefficient (Wildman–Crippen LogP) is 2.46. The second kappa shape index (κ2) is 7.18. The van der Waals surface area contributed by atoms with Crippen molar-refractivity contribution in [2.24, 2.45) is 5.73 Å². The molecule has 1 aliphatic heterocycles. The maximum Gasteiger partial charge on any atom is 0.414 e. The molecular formula is C17H17N3O5. The first-order valence-corrected chi connectivity index (χ1v) is 7.72. The van der Waals surface area contributed by atoms with E-state index < -0.39 is 17.1 Å². The number of nitro benzene ring substituents is 1. The molecule has 1 atom stereocenters. The summed E-state index contributed by atoms with van der Waals surface area (Å²) < 4.78 is 10.6. The fraction of sp³-hybridized carbons (Fsp3) is 0.235. The average molecular weight is 343 g/mol. The van der Waals surface area contributed by atoms with Gasteiger partial charge in [-0.1, -0.05) is 30.3 Å². The lowest BCUT2D eigenvalue weighted by Gasteiger charge is -2.14. The van der Waals surface area contributed by atoms with Crippen LogP contribution in [0.4, 0.5) is 16.2 Å². The number of carbonyl (C=O) groups is 1. The van der Waals surface area contributed by atoms with Gasteiger partial charge in [0.15, 0.2) is 5.75 Å². The topological polar surface area (TPSA) is 108 Å². The quantitative estimate of drug-likeness (QED) is 0.637. The Labute approximate surface area is 143 Å². The third kappa shape index (κ3) is 3.69. The Hall–Kier alpha value is -3.13. The van der Waals surface area contributed by atoms with Crippen molar-refractivity contribution in [1.29, 1.82) is 0 Å². The number of hydrogen-bond acceptors (Lipinski definition) is 6. The molecular weight excluding hydrogens is 326 g/mol. The molecule has 3 rings (SSSR count). The van der Waals surface area contributed by atoms with E-state index in [2.05, 4.69) is 0 Å². The van der Waals surface area contributed by atoms with Gasteiger partial charge in [-0.2, -0.15) is 0 Å². The summed E-state index contributed by atoms with van der Waals surface area (Å²) in [5.41, 5.74) is 6.56. The van der Waals surface area contributed by atoms with Crippen LogP contribution in [-0.4, -0.2) is 30.2 Å². The molecule has 1 fully saturated rings. The van der Waals surface area contributed by atoms with Gasteiger partial charge in [0, 0.05) is 12.6 Å². The van der Waals surface area contributed by atoms with Gasteiger partial charge in [-0.15, -0.1) is 0 Å².